The molecule has 0 atom stereocenters. The molecule has 0 radical (unpaired) electrons. The molecule has 0 spiro atoms. The Hall–Kier alpha value is -2.40. The molecule has 0 saturated carbocycles. The van der Waals surface area contributed by atoms with Gasteiger partial charge in [0.1, 0.15) is 0 Å². The third-order valence-electron chi connectivity index (χ3n) is 3.50. The van der Waals surface area contributed by atoms with Crippen LogP contribution in [0.4, 0.5) is 5.69 Å². The largest absolute Gasteiger partial charge is 0.493 e. The average Bonchev–Trinajstić information content (AvgIpc) is 2.60. The number of halogens is 1. The van der Waals surface area contributed by atoms with Crippen molar-refractivity contribution in [3.63, 3.8) is 0 Å². The van der Waals surface area contributed by atoms with Crippen LogP contribution in [0.25, 0.3) is 0 Å². The van der Waals surface area contributed by atoms with E-state index >= 15 is 0 Å². The summed E-state index contributed by atoms with van der Waals surface area (Å²) in [6, 6.07) is 10.8. The molecule has 0 saturated heterocycles. The molecule has 24 heavy (non-hydrogen) atoms. The van der Waals surface area contributed by atoms with Gasteiger partial charge in [-0.25, -0.2) is 0 Å². The number of benzene rings is 2. The minimum Gasteiger partial charge on any atom is -0.493 e. The SMILES string of the molecule is COc1cc(NC(=O)CCc2ccc(Cl)cc2)cc(OC)c1OC. The molecule has 128 valence electrons. The summed E-state index contributed by atoms with van der Waals surface area (Å²) >= 11 is 5.85. The molecule has 0 aliphatic rings. The van der Waals surface area contributed by atoms with Gasteiger partial charge in [-0.15, -0.1) is 0 Å². The Bertz CT molecular complexity index is 676. The lowest BCUT2D eigenvalue weighted by Gasteiger charge is -2.14. The Labute approximate surface area is 146 Å². The van der Waals surface area contributed by atoms with Crippen LogP contribution in [0.1, 0.15) is 12.0 Å². The summed E-state index contributed by atoms with van der Waals surface area (Å²) in [5.74, 6) is 1.37. The third kappa shape index (κ3) is 4.55. The monoisotopic (exact) mass is 349 g/mol. The third-order valence-corrected chi connectivity index (χ3v) is 3.75. The van der Waals surface area contributed by atoms with Gasteiger partial charge in [-0.2, -0.15) is 0 Å². The zero-order valence-electron chi connectivity index (χ0n) is 13.9. The summed E-state index contributed by atoms with van der Waals surface area (Å²) in [6.07, 6.45) is 0.992. The first-order valence-corrected chi connectivity index (χ1v) is 7.79. The summed E-state index contributed by atoms with van der Waals surface area (Å²) in [4.78, 5) is 12.2. The second kappa shape index (κ2) is 8.45. The number of aryl methyl sites for hydroxylation is 1. The predicted octanol–water partition coefficient (Wildman–Crippen LogP) is 3.94. The average molecular weight is 350 g/mol. The van der Waals surface area contributed by atoms with E-state index in [0.717, 1.165) is 5.56 Å². The zero-order valence-corrected chi connectivity index (χ0v) is 14.6. The predicted molar refractivity (Wildman–Crippen MR) is 94.5 cm³/mol. The molecule has 2 rings (SSSR count). The van der Waals surface area contributed by atoms with Crippen LogP contribution in [0.5, 0.6) is 17.2 Å². The Balaban J connectivity index is 2.04. The molecule has 0 unspecified atom stereocenters. The van der Waals surface area contributed by atoms with Gasteiger partial charge in [-0.3, -0.25) is 4.79 Å². The number of ether oxygens (including phenoxy) is 3. The van der Waals surface area contributed by atoms with Crippen molar-refractivity contribution in [2.45, 2.75) is 12.8 Å². The number of anilines is 1. The van der Waals surface area contributed by atoms with Crippen LogP contribution < -0.4 is 19.5 Å². The van der Waals surface area contributed by atoms with Gasteiger partial charge in [-0.1, -0.05) is 23.7 Å². The van der Waals surface area contributed by atoms with Crippen molar-refractivity contribution in [2.75, 3.05) is 26.6 Å². The van der Waals surface area contributed by atoms with Gasteiger partial charge in [0.05, 0.1) is 21.3 Å². The number of carbonyl (C=O) groups is 1. The van der Waals surface area contributed by atoms with E-state index in [4.69, 9.17) is 25.8 Å². The Morgan fingerprint density at radius 2 is 1.58 bits per heavy atom. The van der Waals surface area contributed by atoms with Crippen LogP contribution in [0.15, 0.2) is 36.4 Å². The van der Waals surface area contributed by atoms with Crippen LogP contribution in [-0.4, -0.2) is 27.2 Å². The second-order valence-corrected chi connectivity index (χ2v) is 5.53. The molecule has 1 amide bonds. The van der Waals surface area contributed by atoms with E-state index in [1.165, 1.54) is 21.3 Å². The highest BCUT2D eigenvalue weighted by Gasteiger charge is 2.14. The number of carbonyl (C=O) groups excluding carboxylic acids is 1. The van der Waals surface area contributed by atoms with Gasteiger partial charge < -0.3 is 19.5 Å². The maximum atomic E-state index is 12.2. The molecule has 0 bridgehead atoms. The first kappa shape index (κ1) is 17.9. The van der Waals surface area contributed by atoms with Gasteiger partial charge in [-0.05, 0) is 24.1 Å². The van der Waals surface area contributed by atoms with E-state index in [9.17, 15) is 4.79 Å². The minimum atomic E-state index is -0.0979. The summed E-state index contributed by atoms with van der Waals surface area (Å²) in [5, 5.41) is 3.52. The summed E-state index contributed by atoms with van der Waals surface area (Å²) in [6.45, 7) is 0. The van der Waals surface area contributed by atoms with E-state index in [2.05, 4.69) is 5.32 Å². The lowest BCUT2D eigenvalue weighted by Crippen LogP contribution is -2.12. The van der Waals surface area contributed by atoms with Crippen molar-refractivity contribution in [1.82, 2.24) is 0 Å². The number of methoxy groups -OCH3 is 3. The Morgan fingerprint density at radius 1 is 1.00 bits per heavy atom. The van der Waals surface area contributed by atoms with E-state index in [0.29, 0.717) is 40.8 Å². The fourth-order valence-corrected chi connectivity index (χ4v) is 2.41. The standard InChI is InChI=1S/C18H20ClNO4/c1-22-15-10-14(11-16(23-2)18(15)24-3)20-17(21)9-6-12-4-7-13(19)8-5-12/h4-5,7-8,10-11H,6,9H2,1-3H3,(H,20,21). The first-order valence-electron chi connectivity index (χ1n) is 7.41. The summed E-state index contributed by atoms with van der Waals surface area (Å²) in [7, 11) is 4.59. The van der Waals surface area contributed by atoms with Gasteiger partial charge in [0.15, 0.2) is 11.5 Å². The van der Waals surface area contributed by atoms with Crippen molar-refractivity contribution in [1.29, 1.82) is 0 Å². The highest BCUT2D eigenvalue weighted by Crippen LogP contribution is 2.39. The van der Waals surface area contributed by atoms with Crippen molar-refractivity contribution in [3.05, 3.63) is 47.0 Å². The molecule has 0 aliphatic heterocycles. The van der Waals surface area contributed by atoms with Crippen molar-refractivity contribution in [3.8, 4) is 17.2 Å². The van der Waals surface area contributed by atoms with Crippen molar-refractivity contribution < 1.29 is 19.0 Å². The van der Waals surface area contributed by atoms with Crippen LogP contribution >= 0.6 is 11.6 Å². The number of nitrogens with one attached hydrogen (secondary N) is 1. The molecular formula is C18H20ClNO4. The number of rotatable bonds is 7. The summed E-state index contributed by atoms with van der Waals surface area (Å²) < 4.78 is 15.8. The molecular weight excluding hydrogens is 330 g/mol. The van der Waals surface area contributed by atoms with Crippen molar-refractivity contribution >= 4 is 23.2 Å². The summed E-state index contributed by atoms with van der Waals surface area (Å²) in [5.41, 5.74) is 1.64. The highest BCUT2D eigenvalue weighted by atomic mass is 35.5. The number of hydrogen-bond donors (Lipinski definition) is 1. The lowest BCUT2D eigenvalue weighted by atomic mass is 10.1. The fourth-order valence-electron chi connectivity index (χ4n) is 2.29. The fraction of sp³-hybridized carbons (Fsp3) is 0.278. The van der Waals surface area contributed by atoms with Gasteiger partial charge in [0, 0.05) is 29.3 Å². The zero-order chi connectivity index (χ0) is 17.5. The van der Waals surface area contributed by atoms with Crippen LogP contribution in [0.2, 0.25) is 5.02 Å². The smallest absolute Gasteiger partial charge is 0.224 e. The second-order valence-electron chi connectivity index (χ2n) is 5.09. The molecule has 2 aromatic carbocycles. The number of hydrogen-bond acceptors (Lipinski definition) is 4. The van der Waals surface area contributed by atoms with Crippen LogP contribution in [-0.2, 0) is 11.2 Å². The minimum absolute atomic E-state index is 0.0979. The maximum Gasteiger partial charge on any atom is 0.224 e. The van der Waals surface area contributed by atoms with E-state index in [1.54, 1.807) is 12.1 Å². The normalized spacial score (nSPS) is 10.2. The van der Waals surface area contributed by atoms with E-state index in [-0.39, 0.29) is 5.91 Å². The first-order chi connectivity index (χ1) is 11.6. The van der Waals surface area contributed by atoms with E-state index < -0.39 is 0 Å². The molecule has 5 nitrogen and oxygen atoms in total. The quantitative estimate of drug-likeness (QED) is 0.822. The van der Waals surface area contributed by atoms with E-state index in [1.807, 2.05) is 24.3 Å². The molecule has 6 heteroatoms. The molecule has 0 fully saturated rings. The van der Waals surface area contributed by atoms with Crippen LogP contribution in [0, 0.1) is 0 Å². The van der Waals surface area contributed by atoms with Gasteiger partial charge >= 0.3 is 0 Å². The molecule has 1 N–H and O–H groups in total. The Morgan fingerprint density at radius 3 is 2.08 bits per heavy atom. The van der Waals surface area contributed by atoms with Gasteiger partial charge in [0.25, 0.3) is 0 Å². The topological polar surface area (TPSA) is 56.8 Å². The Kier molecular flexibility index (Phi) is 6.32. The molecule has 0 heterocycles. The van der Waals surface area contributed by atoms with Crippen LogP contribution in [0.3, 0.4) is 0 Å². The lowest BCUT2D eigenvalue weighted by molar-refractivity contribution is -0.116. The van der Waals surface area contributed by atoms with Crippen molar-refractivity contribution in [2.24, 2.45) is 0 Å². The maximum absolute atomic E-state index is 12.2. The molecule has 0 aromatic heterocycles. The number of amides is 1. The van der Waals surface area contributed by atoms with Gasteiger partial charge in [0.2, 0.25) is 11.7 Å². The molecule has 2 aromatic rings. The molecule has 0 aliphatic carbocycles. The highest BCUT2D eigenvalue weighted by molar-refractivity contribution is 6.30.